The number of aromatic amines is 1. The number of nitrogens with zero attached hydrogens (tertiary/aromatic N) is 1. The summed E-state index contributed by atoms with van der Waals surface area (Å²) in [6.45, 7) is 5.20. The molecule has 0 aliphatic rings. The zero-order chi connectivity index (χ0) is 11.6. The highest BCUT2D eigenvalue weighted by molar-refractivity contribution is 6.01. The number of H-pyrrole nitrogens is 1. The van der Waals surface area contributed by atoms with E-state index < -0.39 is 5.91 Å². The maximum Gasteiger partial charge on any atom is 0.271 e. The third kappa shape index (κ3) is 2.34. The van der Waals surface area contributed by atoms with Crippen LogP contribution in [-0.4, -0.2) is 22.0 Å². The molecule has 0 aromatic carbocycles. The molecule has 0 atom stereocenters. The van der Waals surface area contributed by atoms with E-state index in [0.29, 0.717) is 11.4 Å². The van der Waals surface area contributed by atoms with Crippen molar-refractivity contribution in [2.75, 3.05) is 5.32 Å². The van der Waals surface area contributed by atoms with Crippen molar-refractivity contribution in [2.24, 2.45) is 5.73 Å². The summed E-state index contributed by atoms with van der Waals surface area (Å²) in [7, 11) is 0. The molecule has 1 aromatic heterocycles. The number of nitrogens with two attached hydrogens (primary N) is 1. The highest BCUT2D eigenvalue weighted by Crippen LogP contribution is 2.24. The zero-order valence-corrected chi connectivity index (χ0v) is 8.92. The Morgan fingerprint density at radius 2 is 2.07 bits per heavy atom. The maximum absolute atomic E-state index is 11.0. The molecule has 15 heavy (non-hydrogen) atoms. The second-order valence-electron chi connectivity index (χ2n) is 3.56. The standard InChI is InChI=1S/C9H14N4O2/c1-4(2)6-7(11-5(3)14)8(9(10)15)13-12-6/h4H,1-3H3,(H2,10,15)(H,11,14)(H,12,13). The topological polar surface area (TPSA) is 101 Å². The first kappa shape index (κ1) is 11.2. The molecule has 0 aliphatic heterocycles. The van der Waals surface area contributed by atoms with Crippen molar-refractivity contribution in [2.45, 2.75) is 26.7 Å². The van der Waals surface area contributed by atoms with Crippen molar-refractivity contribution in [3.63, 3.8) is 0 Å². The van der Waals surface area contributed by atoms with E-state index in [0.717, 1.165) is 0 Å². The molecular weight excluding hydrogens is 196 g/mol. The van der Waals surface area contributed by atoms with Crippen molar-refractivity contribution < 1.29 is 9.59 Å². The molecule has 2 amide bonds. The Labute approximate surface area is 87.2 Å². The fourth-order valence-corrected chi connectivity index (χ4v) is 1.25. The van der Waals surface area contributed by atoms with Crippen LogP contribution in [0.1, 0.15) is 42.9 Å². The van der Waals surface area contributed by atoms with E-state index in [1.807, 2.05) is 13.8 Å². The molecule has 82 valence electrons. The minimum Gasteiger partial charge on any atom is -0.364 e. The summed E-state index contributed by atoms with van der Waals surface area (Å²) in [4.78, 5) is 22.0. The molecule has 1 rings (SSSR count). The van der Waals surface area contributed by atoms with Gasteiger partial charge >= 0.3 is 0 Å². The molecule has 0 aliphatic carbocycles. The number of hydrogen-bond acceptors (Lipinski definition) is 3. The average molecular weight is 210 g/mol. The summed E-state index contributed by atoms with van der Waals surface area (Å²) in [6, 6.07) is 0. The summed E-state index contributed by atoms with van der Waals surface area (Å²) in [5, 5.41) is 9.02. The average Bonchev–Trinajstić information content (AvgIpc) is 2.46. The smallest absolute Gasteiger partial charge is 0.271 e. The van der Waals surface area contributed by atoms with E-state index in [1.165, 1.54) is 6.92 Å². The number of primary amides is 1. The molecule has 4 N–H and O–H groups in total. The van der Waals surface area contributed by atoms with E-state index in [1.54, 1.807) is 0 Å². The van der Waals surface area contributed by atoms with E-state index in [4.69, 9.17) is 5.73 Å². The van der Waals surface area contributed by atoms with Gasteiger partial charge in [0.2, 0.25) is 5.91 Å². The molecular formula is C9H14N4O2. The highest BCUT2D eigenvalue weighted by atomic mass is 16.2. The minimum absolute atomic E-state index is 0.0638. The molecule has 6 nitrogen and oxygen atoms in total. The number of aromatic nitrogens is 2. The summed E-state index contributed by atoms with van der Waals surface area (Å²) in [5.41, 5.74) is 6.27. The van der Waals surface area contributed by atoms with Gasteiger partial charge in [-0.2, -0.15) is 5.10 Å². The zero-order valence-electron chi connectivity index (χ0n) is 8.92. The van der Waals surface area contributed by atoms with Crippen molar-refractivity contribution in [3.8, 4) is 0 Å². The third-order valence-corrected chi connectivity index (χ3v) is 1.91. The summed E-state index contributed by atoms with van der Waals surface area (Å²) < 4.78 is 0. The Balaban J connectivity index is 3.19. The molecule has 0 spiro atoms. The lowest BCUT2D eigenvalue weighted by molar-refractivity contribution is -0.114. The Morgan fingerprint density at radius 3 is 2.47 bits per heavy atom. The number of hydrogen-bond donors (Lipinski definition) is 3. The normalized spacial score (nSPS) is 10.4. The third-order valence-electron chi connectivity index (χ3n) is 1.91. The van der Waals surface area contributed by atoms with Crippen LogP contribution < -0.4 is 11.1 Å². The predicted molar refractivity (Wildman–Crippen MR) is 55.5 cm³/mol. The van der Waals surface area contributed by atoms with Gasteiger partial charge < -0.3 is 11.1 Å². The second-order valence-corrected chi connectivity index (χ2v) is 3.56. The number of carbonyl (C=O) groups is 2. The van der Waals surface area contributed by atoms with Crippen LogP contribution in [0, 0.1) is 0 Å². The first-order valence-electron chi connectivity index (χ1n) is 4.59. The quantitative estimate of drug-likeness (QED) is 0.680. The number of rotatable bonds is 3. The largest absolute Gasteiger partial charge is 0.364 e. The van der Waals surface area contributed by atoms with Crippen LogP contribution in [0.2, 0.25) is 0 Å². The first-order chi connectivity index (χ1) is 6.93. The lowest BCUT2D eigenvalue weighted by atomic mass is 10.1. The van der Waals surface area contributed by atoms with Crippen molar-refractivity contribution in [3.05, 3.63) is 11.4 Å². The minimum atomic E-state index is -0.665. The maximum atomic E-state index is 11.0. The Morgan fingerprint density at radius 1 is 1.47 bits per heavy atom. The summed E-state index contributed by atoms with van der Waals surface area (Å²) >= 11 is 0. The molecule has 0 radical (unpaired) electrons. The van der Waals surface area contributed by atoms with E-state index >= 15 is 0 Å². The summed E-state index contributed by atoms with van der Waals surface area (Å²) in [6.07, 6.45) is 0. The van der Waals surface area contributed by atoms with Crippen LogP contribution in [0.5, 0.6) is 0 Å². The van der Waals surface area contributed by atoms with Crippen molar-refractivity contribution in [1.29, 1.82) is 0 Å². The van der Waals surface area contributed by atoms with Gasteiger partial charge in [-0.1, -0.05) is 13.8 Å². The molecule has 0 fully saturated rings. The fraction of sp³-hybridized carbons (Fsp3) is 0.444. The fourth-order valence-electron chi connectivity index (χ4n) is 1.25. The lowest BCUT2D eigenvalue weighted by Crippen LogP contribution is -2.16. The second kappa shape index (κ2) is 4.12. The predicted octanol–water partition coefficient (Wildman–Crippen LogP) is 0.590. The van der Waals surface area contributed by atoms with Crippen LogP contribution in [0.3, 0.4) is 0 Å². The van der Waals surface area contributed by atoms with Crippen LogP contribution in [-0.2, 0) is 4.79 Å². The van der Waals surface area contributed by atoms with Crippen LogP contribution in [0.25, 0.3) is 0 Å². The number of carbonyl (C=O) groups excluding carboxylic acids is 2. The monoisotopic (exact) mass is 210 g/mol. The van der Waals surface area contributed by atoms with Crippen molar-refractivity contribution in [1.82, 2.24) is 10.2 Å². The van der Waals surface area contributed by atoms with Crippen LogP contribution in [0.4, 0.5) is 5.69 Å². The Kier molecular flexibility index (Phi) is 3.08. The van der Waals surface area contributed by atoms with Gasteiger partial charge in [-0.05, 0) is 5.92 Å². The number of nitrogens with one attached hydrogen (secondary N) is 2. The van der Waals surface area contributed by atoms with Gasteiger partial charge in [0.15, 0.2) is 5.69 Å². The number of amides is 2. The van der Waals surface area contributed by atoms with E-state index in [2.05, 4.69) is 15.5 Å². The Bertz CT molecular complexity index is 395. The van der Waals surface area contributed by atoms with Gasteiger partial charge in [-0.25, -0.2) is 0 Å². The van der Waals surface area contributed by atoms with Gasteiger partial charge in [-0.15, -0.1) is 0 Å². The summed E-state index contributed by atoms with van der Waals surface area (Å²) in [5.74, 6) is -0.810. The van der Waals surface area contributed by atoms with Gasteiger partial charge in [0, 0.05) is 6.92 Å². The molecule has 6 heteroatoms. The first-order valence-corrected chi connectivity index (χ1v) is 4.59. The highest BCUT2D eigenvalue weighted by Gasteiger charge is 2.19. The molecule has 1 aromatic rings. The molecule has 0 saturated heterocycles. The SMILES string of the molecule is CC(=O)Nc1c(C(N)=O)n[nH]c1C(C)C. The van der Waals surface area contributed by atoms with E-state index in [-0.39, 0.29) is 17.5 Å². The van der Waals surface area contributed by atoms with Crippen molar-refractivity contribution >= 4 is 17.5 Å². The lowest BCUT2D eigenvalue weighted by Gasteiger charge is -2.07. The Hall–Kier alpha value is -1.85. The van der Waals surface area contributed by atoms with Crippen LogP contribution >= 0.6 is 0 Å². The van der Waals surface area contributed by atoms with Gasteiger partial charge in [-0.3, -0.25) is 14.7 Å². The molecule has 0 unspecified atom stereocenters. The molecule has 0 bridgehead atoms. The van der Waals surface area contributed by atoms with Gasteiger partial charge in [0.25, 0.3) is 5.91 Å². The van der Waals surface area contributed by atoms with Crippen LogP contribution in [0.15, 0.2) is 0 Å². The van der Waals surface area contributed by atoms with Gasteiger partial charge in [0.1, 0.15) is 0 Å². The molecule has 0 saturated carbocycles. The number of anilines is 1. The van der Waals surface area contributed by atoms with Gasteiger partial charge in [0.05, 0.1) is 11.4 Å². The molecule has 1 heterocycles. The van der Waals surface area contributed by atoms with E-state index in [9.17, 15) is 9.59 Å².